The molecule has 0 aliphatic heterocycles. The molecule has 0 aliphatic rings. The van der Waals surface area contributed by atoms with E-state index in [-0.39, 0.29) is 12.1 Å². The highest BCUT2D eigenvalue weighted by molar-refractivity contribution is 5.75. The summed E-state index contributed by atoms with van der Waals surface area (Å²) in [6.45, 7) is 3.66. The first-order valence-corrected chi connectivity index (χ1v) is 4.69. The molecule has 0 heterocycles. The summed E-state index contributed by atoms with van der Waals surface area (Å²) in [6, 6.07) is 8.99. The second kappa shape index (κ2) is 4.77. The molecule has 76 valence electrons. The molecule has 3 N–H and O–H groups in total. The summed E-state index contributed by atoms with van der Waals surface area (Å²) >= 11 is 0. The molecule has 0 saturated carbocycles. The molecule has 0 saturated heterocycles. The minimum absolute atomic E-state index is 0.0875. The molecular weight excluding hydrogens is 178 g/mol. The minimum Gasteiger partial charge on any atom is -0.458 e. The third-order valence-corrected chi connectivity index (χ3v) is 1.84. The maximum absolute atomic E-state index is 11.5. The maximum Gasteiger partial charge on any atom is 0.369 e. The van der Waals surface area contributed by atoms with Crippen molar-refractivity contribution in [2.45, 2.75) is 26.0 Å². The van der Waals surface area contributed by atoms with Gasteiger partial charge in [0.1, 0.15) is 0 Å². The molecule has 3 heteroatoms. The Morgan fingerprint density at radius 1 is 1.29 bits per heavy atom. The van der Waals surface area contributed by atoms with Crippen LogP contribution in [0.15, 0.2) is 30.3 Å². The lowest BCUT2D eigenvalue weighted by atomic mass is 10.1. The molecule has 1 rings (SSSR count). The molecule has 0 amide bonds. The molecule has 0 bridgehead atoms. The molecule has 0 radical (unpaired) electrons. The van der Waals surface area contributed by atoms with Crippen LogP contribution in [0.2, 0.25) is 0 Å². The number of rotatable bonds is 3. The molecule has 0 aliphatic carbocycles. The third-order valence-electron chi connectivity index (χ3n) is 1.84. The zero-order valence-electron chi connectivity index (χ0n) is 8.57. The van der Waals surface area contributed by atoms with Crippen LogP contribution in [0.4, 0.5) is 0 Å². The van der Waals surface area contributed by atoms with Gasteiger partial charge in [0.15, 0.2) is 0 Å². The highest BCUT2D eigenvalue weighted by Crippen LogP contribution is 2.09. The molecule has 1 aromatic carbocycles. The van der Waals surface area contributed by atoms with Crippen LogP contribution >= 0.6 is 0 Å². The van der Waals surface area contributed by atoms with Crippen LogP contribution in [0.5, 0.6) is 0 Å². The predicted octanol–water partition coefficient (Wildman–Crippen LogP) is 0.921. The Kier molecular flexibility index (Phi) is 3.65. The lowest BCUT2D eigenvalue weighted by molar-refractivity contribution is -0.415. The van der Waals surface area contributed by atoms with Crippen LogP contribution < -0.4 is 5.73 Å². The Morgan fingerprint density at radius 2 is 1.86 bits per heavy atom. The van der Waals surface area contributed by atoms with Crippen molar-refractivity contribution in [3.63, 3.8) is 0 Å². The van der Waals surface area contributed by atoms with Gasteiger partial charge >= 0.3 is 5.97 Å². The fourth-order valence-electron chi connectivity index (χ4n) is 1.14. The molecule has 0 spiro atoms. The van der Waals surface area contributed by atoms with Gasteiger partial charge < -0.3 is 10.5 Å². The topological polar surface area (TPSA) is 53.9 Å². The quantitative estimate of drug-likeness (QED) is 0.727. The van der Waals surface area contributed by atoms with Gasteiger partial charge in [-0.1, -0.05) is 30.3 Å². The molecule has 14 heavy (non-hydrogen) atoms. The third kappa shape index (κ3) is 2.85. The number of hydrogen-bond acceptors (Lipinski definition) is 2. The summed E-state index contributed by atoms with van der Waals surface area (Å²) in [7, 11) is 0. The lowest BCUT2D eigenvalue weighted by Gasteiger charge is -2.11. The first kappa shape index (κ1) is 10.7. The van der Waals surface area contributed by atoms with Gasteiger partial charge in [-0.2, -0.15) is 0 Å². The van der Waals surface area contributed by atoms with Crippen molar-refractivity contribution in [2.75, 3.05) is 0 Å². The average molecular weight is 194 g/mol. The molecule has 0 aromatic heterocycles. The standard InChI is InChI=1S/C11H15NO2/c1-8(2)14-11(13)10(12)9-6-4-3-5-7-9/h3-8,10H,12H2,1-2H3/p+1/t10-/m1/s1. The van der Waals surface area contributed by atoms with E-state index in [9.17, 15) is 4.79 Å². The van der Waals surface area contributed by atoms with E-state index < -0.39 is 6.04 Å². The summed E-state index contributed by atoms with van der Waals surface area (Å²) in [4.78, 5) is 11.5. The van der Waals surface area contributed by atoms with Crippen molar-refractivity contribution in [1.29, 1.82) is 0 Å². The molecule has 1 aromatic rings. The lowest BCUT2D eigenvalue weighted by Crippen LogP contribution is -2.58. The van der Waals surface area contributed by atoms with E-state index in [2.05, 4.69) is 5.73 Å². The molecular formula is C11H16NO2+. The number of hydrogen-bond donors (Lipinski definition) is 1. The molecule has 1 atom stereocenters. The SMILES string of the molecule is CC(C)OC(=O)[C@H]([NH3+])c1ccccc1. The van der Waals surface area contributed by atoms with Gasteiger partial charge in [0.05, 0.1) is 6.10 Å². The highest BCUT2D eigenvalue weighted by Gasteiger charge is 2.21. The Bertz CT molecular complexity index is 295. The number of carbonyl (C=O) groups is 1. The average Bonchev–Trinajstić information content (AvgIpc) is 2.17. The predicted molar refractivity (Wildman–Crippen MR) is 53.3 cm³/mol. The number of quaternary nitrogens is 1. The van der Waals surface area contributed by atoms with E-state index in [1.807, 2.05) is 44.2 Å². The first-order valence-electron chi connectivity index (χ1n) is 4.69. The monoisotopic (exact) mass is 194 g/mol. The van der Waals surface area contributed by atoms with Crippen molar-refractivity contribution in [3.8, 4) is 0 Å². The Morgan fingerprint density at radius 3 is 2.36 bits per heavy atom. The van der Waals surface area contributed by atoms with Crippen molar-refractivity contribution < 1.29 is 15.3 Å². The van der Waals surface area contributed by atoms with E-state index in [4.69, 9.17) is 4.74 Å². The molecule has 0 fully saturated rings. The summed E-state index contributed by atoms with van der Waals surface area (Å²) in [5.41, 5.74) is 4.67. The van der Waals surface area contributed by atoms with E-state index in [0.717, 1.165) is 5.56 Å². The van der Waals surface area contributed by atoms with Gasteiger partial charge in [-0.3, -0.25) is 0 Å². The Labute approximate surface area is 83.9 Å². The summed E-state index contributed by atoms with van der Waals surface area (Å²) in [5, 5.41) is 0. The van der Waals surface area contributed by atoms with E-state index in [1.165, 1.54) is 0 Å². The van der Waals surface area contributed by atoms with Gasteiger partial charge in [0.25, 0.3) is 0 Å². The summed E-state index contributed by atoms with van der Waals surface area (Å²) in [5.74, 6) is -0.272. The van der Waals surface area contributed by atoms with Crippen LogP contribution in [-0.4, -0.2) is 12.1 Å². The van der Waals surface area contributed by atoms with Gasteiger partial charge in [-0.05, 0) is 13.8 Å². The van der Waals surface area contributed by atoms with Gasteiger partial charge in [0, 0.05) is 5.56 Å². The number of esters is 1. The van der Waals surface area contributed by atoms with Crippen LogP contribution in [0.1, 0.15) is 25.5 Å². The van der Waals surface area contributed by atoms with E-state index >= 15 is 0 Å². The van der Waals surface area contributed by atoms with Crippen LogP contribution in [0, 0.1) is 0 Å². The number of carbonyl (C=O) groups excluding carboxylic acids is 1. The van der Waals surface area contributed by atoms with Crippen molar-refractivity contribution >= 4 is 5.97 Å². The normalized spacial score (nSPS) is 12.6. The fourth-order valence-corrected chi connectivity index (χ4v) is 1.14. The molecule has 0 unspecified atom stereocenters. The Balaban J connectivity index is 2.66. The van der Waals surface area contributed by atoms with Crippen molar-refractivity contribution in [3.05, 3.63) is 35.9 Å². The van der Waals surface area contributed by atoms with E-state index in [0.29, 0.717) is 0 Å². The van der Waals surface area contributed by atoms with Crippen LogP contribution in [0.3, 0.4) is 0 Å². The second-order valence-electron chi connectivity index (χ2n) is 3.45. The van der Waals surface area contributed by atoms with Crippen molar-refractivity contribution in [1.82, 2.24) is 0 Å². The van der Waals surface area contributed by atoms with Crippen molar-refractivity contribution in [2.24, 2.45) is 0 Å². The fraction of sp³-hybridized carbons (Fsp3) is 0.364. The van der Waals surface area contributed by atoms with Crippen LogP contribution in [0.25, 0.3) is 0 Å². The minimum atomic E-state index is -0.432. The van der Waals surface area contributed by atoms with Gasteiger partial charge in [-0.25, -0.2) is 4.79 Å². The van der Waals surface area contributed by atoms with Crippen LogP contribution in [-0.2, 0) is 9.53 Å². The first-order chi connectivity index (χ1) is 6.61. The van der Waals surface area contributed by atoms with E-state index in [1.54, 1.807) is 0 Å². The number of benzene rings is 1. The van der Waals surface area contributed by atoms with Gasteiger partial charge in [-0.15, -0.1) is 0 Å². The summed E-state index contributed by atoms with van der Waals surface area (Å²) in [6.07, 6.45) is -0.0875. The van der Waals surface area contributed by atoms with Gasteiger partial charge in [0.2, 0.25) is 6.04 Å². The maximum atomic E-state index is 11.5. The zero-order chi connectivity index (χ0) is 10.6. The Hall–Kier alpha value is -1.35. The highest BCUT2D eigenvalue weighted by atomic mass is 16.5. The number of ether oxygens (including phenoxy) is 1. The summed E-state index contributed by atoms with van der Waals surface area (Å²) < 4.78 is 5.06. The molecule has 3 nitrogen and oxygen atoms in total. The zero-order valence-corrected chi connectivity index (χ0v) is 8.57. The smallest absolute Gasteiger partial charge is 0.369 e. The largest absolute Gasteiger partial charge is 0.458 e. The second-order valence-corrected chi connectivity index (χ2v) is 3.45.